The van der Waals surface area contributed by atoms with Crippen LogP contribution in [-0.2, 0) is 0 Å². The van der Waals surface area contributed by atoms with Gasteiger partial charge in [0.25, 0.3) is 0 Å². The quantitative estimate of drug-likeness (QED) is 0.654. The normalized spacial score (nSPS) is 24.3. The summed E-state index contributed by atoms with van der Waals surface area (Å²) in [6.07, 6.45) is 2.96. The zero-order chi connectivity index (χ0) is 7.68. The van der Waals surface area contributed by atoms with Crippen molar-refractivity contribution in [2.24, 2.45) is 0 Å². The molecule has 0 saturated carbocycles. The first-order valence-corrected chi connectivity index (χ1v) is 4.00. The second-order valence-corrected chi connectivity index (χ2v) is 3.06. The molecule has 0 aromatic carbocycles. The van der Waals surface area contributed by atoms with Gasteiger partial charge in [-0.05, 0) is 19.9 Å². The van der Waals surface area contributed by atoms with Crippen LogP contribution >= 0.6 is 0 Å². The van der Waals surface area contributed by atoms with Crippen LogP contribution in [-0.4, -0.2) is 18.2 Å². The fourth-order valence-electron chi connectivity index (χ4n) is 1.57. The molecule has 1 fully saturated rings. The highest BCUT2D eigenvalue weighted by Crippen LogP contribution is 2.24. The minimum absolute atomic E-state index is 0.553. The lowest BCUT2D eigenvalue weighted by molar-refractivity contribution is 0.364. The molecule has 2 heterocycles. The number of nitrogens with one attached hydrogen (secondary N) is 1. The molecule has 1 aromatic rings. The van der Waals surface area contributed by atoms with Crippen molar-refractivity contribution in [3.63, 3.8) is 0 Å². The summed E-state index contributed by atoms with van der Waals surface area (Å²) >= 11 is 0. The zero-order valence-electron chi connectivity index (χ0n) is 6.63. The summed E-state index contributed by atoms with van der Waals surface area (Å²) in [4.78, 5) is 0. The second kappa shape index (κ2) is 2.66. The third-order valence-electron chi connectivity index (χ3n) is 2.22. The summed E-state index contributed by atoms with van der Waals surface area (Å²) in [5, 5.41) is 7.06. The average Bonchev–Trinajstić information content (AvgIpc) is 2.55. The van der Waals surface area contributed by atoms with E-state index < -0.39 is 0 Å². The number of aryl methyl sites for hydroxylation is 1. The Balaban J connectivity index is 2.21. The van der Waals surface area contributed by atoms with Gasteiger partial charge in [-0.2, -0.15) is 0 Å². The number of hydrogen-bond acceptors (Lipinski definition) is 3. The van der Waals surface area contributed by atoms with E-state index in [1.54, 1.807) is 6.20 Å². The maximum absolute atomic E-state index is 5.16. The summed E-state index contributed by atoms with van der Waals surface area (Å²) in [7, 11) is 0. The van der Waals surface area contributed by atoms with Gasteiger partial charge in [-0.25, -0.2) is 0 Å². The van der Waals surface area contributed by atoms with Crippen LogP contribution in [0.15, 0.2) is 10.7 Å². The van der Waals surface area contributed by atoms with E-state index in [1.807, 2.05) is 6.92 Å². The van der Waals surface area contributed by atoms with E-state index in [-0.39, 0.29) is 0 Å². The zero-order valence-corrected chi connectivity index (χ0v) is 6.63. The summed E-state index contributed by atoms with van der Waals surface area (Å²) in [5.74, 6) is 1.62. The lowest BCUT2D eigenvalue weighted by Gasteiger charge is -2.02. The molecule has 11 heavy (non-hydrogen) atoms. The molecule has 1 unspecified atom stereocenters. The summed E-state index contributed by atoms with van der Waals surface area (Å²) in [6.45, 7) is 4.19. The van der Waals surface area contributed by atoms with E-state index in [9.17, 15) is 0 Å². The Kier molecular flexibility index (Phi) is 1.66. The van der Waals surface area contributed by atoms with Crippen molar-refractivity contribution in [1.29, 1.82) is 0 Å². The summed E-state index contributed by atoms with van der Waals surface area (Å²) in [5.41, 5.74) is 1.18. The summed E-state index contributed by atoms with van der Waals surface area (Å²) in [6, 6.07) is 0. The van der Waals surface area contributed by atoms with Crippen molar-refractivity contribution < 1.29 is 4.52 Å². The molecule has 1 N–H and O–H groups in total. The maximum atomic E-state index is 5.16. The monoisotopic (exact) mass is 152 g/mol. The van der Waals surface area contributed by atoms with Crippen molar-refractivity contribution in [1.82, 2.24) is 10.5 Å². The summed E-state index contributed by atoms with van der Waals surface area (Å²) < 4.78 is 5.16. The van der Waals surface area contributed by atoms with E-state index in [2.05, 4.69) is 10.5 Å². The van der Waals surface area contributed by atoms with E-state index in [0.29, 0.717) is 5.92 Å². The van der Waals surface area contributed by atoms with E-state index in [0.717, 1.165) is 18.8 Å². The minimum atomic E-state index is 0.553. The van der Waals surface area contributed by atoms with Crippen LogP contribution in [0.4, 0.5) is 0 Å². The topological polar surface area (TPSA) is 38.1 Å². The third kappa shape index (κ3) is 1.16. The molecule has 1 atom stereocenters. The van der Waals surface area contributed by atoms with Crippen LogP contribution in [0.25, 0.3) is 0 Å². The van der Waals surface area contributed by atoms with Crippen LogP contribution in [0.5, 0.6) is 0 Å². The van der Waals surface area contributed by atoms with Gasteiger partial charge in [-0.3, -0.25) is 0 Å². The number of aromatic nitrogens is 1. The molecular formula is C8H12N2O. The fourth-order valence-corrected chi connectivity index (χ4v) is 1.57. The molecule has 0 radical (unpaired) electrons. The third-order valence-corrected chi connectivity index (χ3v) is 2.22. The molecule has 0 aliphatic carbocycles. The van der Waals surface area contributed by atoms with Gasteiger partial charge >= 0.3 is 0 Å². The molecule has 2 rings (SSSR count). The largest absolute Gasteiger partial charge is 0.361 e. The molecule has 1 saturated heterocycles. The molecule has 0 bridgehead atoms. The van der Waals surface area contributed by atoms with Gasteiger partial charge in [0.05, 0.1) is 6.20 Å². The van der Waals surface area contributed by atoms with Crippen molar-refractivity contribution in [3.05, 3.63) is 17.5 Å². The van der Waals surface area contributed by atoms with Crippen LogP contribution in [0.2, 0.25) is 0 Å². The Bertz CT molecular complexity index is 238. The van der Waals surface area contributed by atoms with Gasteiger partial charge < -0.3 is 9.84 Å². The highest BCUT2D eigenvalue weighted by molar-refractivity contribution is 5.16. The highest BCUT2D eigenvalue weighted by Gasteiger charge is 2.21. The standard InChI is InChI=1S/C8H12N2O/c1-6-4-10-11-8(6)7-2-3-9-5-7/h4,7,9H,2-3,5H2,1H3. The first-order chi connectivity index (χ1) is 5.38. The van der Waals surface area contributed by atoms with Gasteiger partial charge in [0.1, 0.15) is 5.76 Å². The Morgan fingerprint density at radius 3 is 3.18 bits per heavy atom. The van der Waals surface area contributed by atoms with Crippen LogP contribution in [0.1, 0.15) is 23.7 Å². The smallest absolute Gasteiger partial charge is 0.143 e. The Morgan fingerprint density at radius 1 is 1.73 bits per heavy atom. The van der Waals surface area contributed by atoms with Gasteiger partial charge in [0, 0.05) is 18.0 Å². The highest BCUT2D eigenvalue weighted by atomic mass is 16.5. The predicted molar refractivity (Wildman–Crippen MR) is 41.5 cm³/mol. The van der Waals surface area contributed by atoms with Gasteiger partial charge in [-0.1, -0.05) is 5.16 Å². The van der Waals surface area contributed by atoms with Crippen LogP contribution in [0, 0.1) is 6.92 Å². The SMILES string of the molecule is Cc1cnoc1C1CCNC1. The minimum Gasteiger partial charge on any atom is -0.361 e. The molecule has 0 spiro atoms. The Labute approximate surface area is 65.8 Å². The molecule has 60 valence electrons. The molecule has 3 nitrogen and oxygen atoms in total. The first-order valence-electron chi connectivity index (χ1n) is 4.00. The van der Waals surface area contributed by atoms with E-state index in [4.69, 9.17) is 4.52 Å². The fraction of sp³-hybridized carbons (Fsp3) is 0.625. The molecule has 0 amide bonds. The number of hydrogen-bond donors (Lipinski definition) is 1. The number of rotatable bonds is 1. The van der Waals surface area contributed by atoms with Crippen molar-refractivity contribution in [2.45, 2.75) is 19.3 Å². The van der Waals surface area contributed by atoms with Crippen molar-refractivity contribution >= 4 is 0 Å². The molecule has 1 aromatic heterocycles. The molecule has 1 aliphatic heterocycles. The molecule has 3 heteroatoms. The lowest BCUT2D eigenvalue weighted by Crippen LogP contribution is -2.07. The van der Waals surface area contributed by atoms with E-state index in [1.165, 1.54) is 12.0 Å². The maximum Gasteiger partial charge on any atom is 0.143 e. The van der Waals surface area contributed by atoms with Crippen LogP contribution < -0.4 is 5.32 Å². The molecule has 1 aliphatic rings. The lowest BCUT2D eigenvalue weighted by atomic mass is 10.0. The van der Waals surface area contributed by atoms with Gasteiger partial charge in [0.15, 0.2) is 0 Å². The van der Waals surface area contributed by atoms with Crippen molar-refractivity contribution in [2.75, 3.05) is 13.1 Å². The van der Waals surface area contributed by atoms with Gasteiger partial charge in [-0.15, -0.1) is 0 Å². The average molecular weight is 152 g/mol. The van der Waals surface area contributed by atoms with Crippen LogP contribution in [0.3, 0.4) is 0 Å². The van der Waals surface area contributed by atoms with E-state index >= 15 is 0 Å². The first kappa shape index (κ1) is 6.85. The Morgan fingerprint density at radius 2 is 2.64 bits per heavy atom. The van der Waals surface area contributed by atoms with Crippen molar-refractivity contribution in [3.8, 4) is 0 Å². The predicted octanol–water partition coefficient (Wildman–Crippen LogP) is 1.06. The molecular weight excluding hydrogens is 140 g/mol. The number of nitrogens with zero attached hydrogens (tertiary/aromatic N) is 1. The Hall–Kier alpha value is -0.830. The second-order valence-electron chi connectivity index (χ2n) is 3.06. The van der Waals surface area contributed by atoms with Gasteiger partial charge in [0.2, 0.25) is 0 Å².